The van der Waals surface area contributed by atoms with E-state index in [0.717, 1.165) is 12.1 Å². The number of carboxylic acids is 1. The van der Waals surface area contributed by atoms with Crippen molar-refractivity contribution in [2.24, 2.45) is 5.73 Å². The Morgan fingerprint density at radius 2 is 2.05 bits per heavy atom. The van der Waals surface area contributed by atoms with Crippen LogP contribution in [0.4, 0.5) is 10.1 Å². The lowest BCUT2D eigenvalue weighted by Crippen LogP contribution is -2.43. The topological polar surface area (TPSA) is 153 Å². The van der Waals surface area contributed by atoms with Crippen molar-refractivity contribution in [2.45, 2.75) is 12.5 Å². The molecular weight excluding hydrogens is 289 g/mol. The summed E-state index contributed by atoms with van der Waals surface area (Å²) in [6.07, 6.45) is -0.684. The van der Waals surface area contributed by atoms with E-state index in [1.54, 1.807) is 0 Å². The quantitative estimate of drug-likeness (QED) is 0.488. The lowest BCUT2D eigenvalue weighted by Gasteiger charge is -2.12. The third kappa shape index (κ3) is 4.23. The predicted molar refractivity (Wildman–Crippen MR) is 65.8 cm³/mol. The van der Waals surface area contributed by atoms with E-state index in [0.29, 0.717) is 6.07 Å². The molecule has 0 aliphatic rings. The lowest BCUT2D eigenvalue weighted by atomic mass is 10.1. The second-order valence-corrected chi connectivity index (χ2v) is 3.95. The van der Waals surface area contributed by atoms with E-state index < -0.39 is 52.2 Å². The van der Waals surface area contributed by atoms with Crippen LogP contribution in [0.15, 0.2) is 18.2 Å². The molecule has 0 aromatic heterocycles. The fraction of sp³-hybridized carbons (Fsp3) is 0.182. The number of hydrogen-bond acceptors (Lipinski definition) is 5. The van der Waals surface area contributed by atoms with Crippen LogP contribution in [0.2, 0.25) is 0 Å². The summed E-state index contributed by atoms with van der Waals surface area (Å²) >= 11 is 0. The van der Waals surface area contributed by atoms with E-state index in [-0.39, 0.29) is 0 Å². The highest BCUT2D eigenvalue weighted by Crippen LogP contribution is 2.19. The van der Waals surface area contributed by atoms with Crippen molar-refractivity contribution in [1.29, 1.82) is 0 Å². The second-order valence-electron chi connectivity index (χ2n) is 3.95. The van der Waals surface area contributed by atoms with E-state index >= 15 is 0 Å². The Morgan fingerprint density at radius 3 is 2.52 bits per heavy atom. The van der Waals surface area contributed by atoms with Crippen molar-refractivity contribution in [3.8, 4) is 0 Å². The average Bonchev–Trinajstić information content (AvgIpc) is 2.36. The van der Waals surface area contributed by atoms with Gasteiger partial charge < -0.3 is 16.2 Å². The van der Waals surface area contributed by atoms with Gasteiger partial charge in [-0.1, -0.05) is 0 Å². The molecule has 0 radical (unpaired) electrons. The predicted octanol–water partition coefficient (Wildman–Crippen LogP) is -0.208. The van der Waals surface area contributed by atoms with Crippen LogP contribution in [0.3, 0.4) is 0 Å². The maximum atomic E-state index is 12.9. The van der Waals surface area contributed by atoms with Gasteiger partial charge in [0, 0.05) is 0 Å². The third-order valence-corrected chi connectivity index (χ3v) is 2.41. The molecule has 0 saturated heterocycles. The number of benzene rings is 1. The summed E-state index contributed by atoms with van der Waals surface area (Å²) in [5, 5.41) is 21.5. The summed E-state index contributed by atoms with van der Waals surface area (Å²) in [5.41, 5.74) is 3.48. The molecular formula is C11H10FN3O6. The first kappa shape index (κ1) is 16.0. The maximum Gasteiger partial charge on any atom is 0.326 e. The largest absolute Gasteiger partial charge is 0.480 e. The number of carboxylic acid groups (broad SMARTS) is 1. The Kier molecular flexibility index (Phi) is 4.89. The van der Waals surface area contributed by atoms with Gasteiger partial charge in [-0.25, -0.2) is 9.18 Å². The Labute approximate surface area is 116 Å². The fourth-order valence-corrected chi connectivity index (χ4v) is 1.49. The molecule has 21 heavy (non-hydrogen) atoms. The number of hydrogen-bond donors (Lipinski definition) is 3. The minimum absolute atomic E-state index is 0.527. The summed E-state index contributed by atoms with van der Waals surface area (Å²) in [5.74, 6) is -4.57. The first-order valence-corrected chi connectivity index (χ1v) is 5.48. The minimum Gasteiger partial charge on any atom is -0.480 e. The van der Waals surface area contributed by atoms with Gasteiger partial charge >= 0.3 is 5.97 Å². The van der Waals surface area contributed by atoms with Crippen LogP contribution in [-0.2, 0) is 9.59 Å². The Bertz CT molecular complexity index is 618. The zero-order valence-electron chi connectivity index (χ0n) is 10.4. The molecule has 0 saturated carbocycles. The fourth-order valence-electron chi connectivity index (χ4n) is 1.49. The van der Waals surface area contributed by atoms with Crippen molar-refractivity contribution in [1.82, 2.24) is 5.32 Å². The Hall–Kier alpha value is -3.04. The van der Waals surface area contributed by atoms with Gasteiger partial charge in [-0.3, -0.25) is 19.7 Å². The highest BCUT2D eigenvalue weighted by Gasteiger charge is 2.27. The van der Waals surface area contributed by atoms with Crippen LogP contribution in [0, 0.1) is 15.9 Å². The molecule has 0 fully saturated rings. The van der Waals surface area contributed by atoms with E-state index in [9.17, 15) is 28.9 Å². The molecule has 1 atom stereocenters. The molecule has 0 aliphatic heterocycles. The van der Waals surface area contributed by atoms with Gasteiger partial charge in [0.15, 0.2) is 0 Å². The number of nitrogens with two attached hydrogens (primary N) is 1. The average molecular weight is 299 g/mol. The Balaban J connectivity index is 3.05. The second kappa shape index (κ2) is 6.41. The van der Waals surface area contributed by atoms with Crippen LogP contribution in [-0.4, -0.2) is 33.9 Å². The van der Waals surface area contributed by atoms with Crippen molar-refractivity contribution < 1.29 is 28.8 Å². The van der Waals surface area contributed by atoms with E-state index in [2.05, 4.69) is 0 Å². The summed E-state index contributed by atoms with van der Waals surface area (Å²) in [6, 6.07) is 0.538. The van der Waals surface area contributed by atoms with Crippen molar-refractivity contribution in [2.75, 3.05) is 0 Å². The van der Waals surface area contributed by atoms with E-state index in [1.807, 2.05) is 5.32 Å². The summed E-state index contributed by atoms with van der Waals surface area (Å²) in [6.45, 7) is 0. The molecule has 0 heterocycles. The molecule has 0 spiro atoms. The lowest BCUT2D eigenvalue weighted by molar-refractivity contribution is -0.385. The summed E-state index contributed by atoms with van der Waals surface area (Å²) in [4.78, 5) is 43.1. The third-order valence-electron chi connectivity index (χ3n) is 2.41. The van der Waals surface area contributed by atoms with Crippen molar-refractivity contribution >= 4 is 23.5 Å². The number of rotatable bonds is 6. The van der Waals surface area contributed by atoms with Crippen LogP contribution in [0.25, 0.3) is 0 Å². The van der Waals surface area contributed by atoms with Gasteiger partial charge in [0.25, 0.3) is 11.6 Å². The van der Waals surface area contributed by atoms with Crippen molar-refractivity contribution in [3.63, 3.8) is 0 Å². The van der Waals surface area contributed by atoms with Gasteiger partial charge in [0.2, 0.25) is 5.91 Å². The molecule has 2 amide bonds. The first-order chi connectivity index (χ1) is 9.72. The van der Waals surface area contributed by atoms with Crippen LogP contribution >= 0.6 is 0 Å². The Morgan fingerprint density at radius 1 is 1.43 bits per heavy atom. The summed E-state index contributed by atoms with van der Waals surface area (Å²) in [7, 11) is 0. The molecule has 1 rings (SSSR count). The van der Waals surface area contributed by atoms with E-state index in [4.69, 9.17) is 10.8 Å². The van der Waals surface area contributed by atoms with Gasteiger partial charge in [0.1, 0.15) is 17.4 Å². The zero-order chi connectivity index (χ0) is 16.2. The van der Waals surface area contributed by atoms with Gasteiger partial charge in [-0.05, 0) is 12.1 Å². The highest BCUT2D eigenvalue weighted by atomic mass is 19.1. The number of nitrogens with zero attached hydrogens (tertiary/aromatic N) is 1. The van der Waals surface area contributed by atoms with Gasteiger partial charge in [-0.2, -0.15) is 0 Å². The monoisotopic (exact) mass is 299 g/mol. The first-order valence-electron chi connectivity index (χ1n) is 5.48. The number of amides is 2. The number of carbonyl (C=O) groups is 3. The number of carbonyl (C=O) groups excluding carboxylic acids is 2. The van der Waals surface area contributed by atoms with Crippen LogP contribution in [0.5, 0.6) is 0 Å². The molecule has 0 bridgehead atoms. The number of aliphatic carboxylic acids is 1. The minimum atomic E-state index is -1.64. The number of primary amides is 1. The van der Waals surface area contributed by atoms with Gasteiger partial charge in [0.05, 0.1) is 17.4 Å². The maximum absolute atomic E-state index is 12.9. The molecule has 0 aliphatic carbocycles. The molecule has 10 heteroatoms. The van der Waals surface area contributed by atoms with Crippen molar-refractivity contribution in [3.05, 3.63) is 39.7 Å². The van der Waals surface area contributed by atoms with E-state index in [1.165, 1.54) is 0 Å². The number of nitrogens with one attached hydrogen (secondary N) is 1. The molecule has 4 N–H and O–H groups in total. The molecule has 1 aromatic rings. The standard InChI is InChI=1S/C11H10FN3O6/c12-5-1-2-6(8(3-5)15(20)21)10(17)14-7(11(18)19)4-9(13)16/h1-3,7H,4H2,(H2,13,16)(H,14,17)(H,18,19)/t7-/m0/s1. The van der Waals surface area contributed by atoms with Crippen LogP contribution < -0.4 is 11.1 Å². The SMILES string of the molecule is NC(=O)C[C@H](NC(=O)c1ccc(F)cc1[N+](=O)[O-])C(=O)O. The smallest absolute Gasteiger partial charge is 0.326 e. The molecule has 0 unspecified atom stereocenters. The highest BCUT2D eigenvalue weighted by molar-refractivity contribution is 6.00. The van der Waals surface area contributed by atoms with Crippen LogP contribution in [0.1, 0.15) is 16.8 Å². The molecule has 1 aromatic carbocycles. The van der Waals surface area contributed by atoms with Gasteiger partial charge in [-0.15, -0.1) is 0 Å². The normalized spacial score (nSPS) is 11.5. The molecule has 9 nitrogen and oxygen atoms in total. The number of nitro groups is 1. The number of halogens is 1. The summed E-state index contributed by atoms with van der Waals surface area (Å²) < 4.78 is 12.9. The molecule has 112 valence electrons. The number of nitro benzene ring substituents is 1. The zero-order valence-corrected chi connectivity index (χ0v) is 10.4.